The quantitative estimate of drug-likeness (QED) is 0.747. The normalized spacial score (nSPS) is 26.0. The van der Waals surface area contributed by atoms with Gasteiger partial charge in [0, 0.05) is 12.7 Å². The molecule has 70 valence electrons. The minimum absolute atomic E-state index is 0.00310. The van der Waals surface area contributed by atoms with E-state index in [2.05, 4.69) is 0 Å². The zero-order valence-corrected chi connectivity index (χ0v) is 7.43. The van der Waals surface area contributed by atoms with Crippen LogP contribution in [0.15, 0.2) is 24.3 Å². The fourth-order valence-electron chi connectivity index (χ4n) is 1.64. The Labute approximate surface area is 76.9 Å². The summed E-state index contributed by atoms with van der Waals surface area (Å²) in [6.45, 7) is -0.00310. The molecule has 0 spiro atoms. The monoisotopic (exact) mass is 180 g/mol. The van der Waals surface area contributed by atoms with Gasteiger partial charge in [-0.05, 0) is 5.56 Å². The SMILES string of the molecule is CO[C@@H]1O[C@H](CO)c2ccccc21. The third-order valence-electron chi connectivity index (χ3n) is 2.26. The maximum Gasteiger partial charge on any atom is 0.184 e. The lowest BCUT2D eigenvalue weighted by Crippen LogP contribution is -2.03. The fourth-order valence-corrected chi connectivity index (χ4v) is 1.64. The number of aliphatic hydroxyl groups is 1. The van der Waals surface area contributed by atoms with Crippen LogP contribution in [0.1, 0.15) is 23.5 Å². The van der Waals surface area contributed by atoms with Crippen molar-refractivity contribution in [3.63, 3.8) is 0 Å². The molecule has 2 atom stereocenters. The summed E-state index contributed by atoms with van der Waals surface area (Å²) in [7, 11) is 1.60. The third kappa shape index (κ3) is 1.35. The predicted molar refractivity (Wildman–Crippen MR) is 47.1 cm³/mol. The number of fused-ring (bicyclic) bond motifs is 1. The van der Waals surface area contributed by atoms with Crippen molar-refractivity contribution in [3.8, 4) is 0 Å². The molecule has 0 aromatic heterocycles. The zero-order valence-electron chi connectivity index (χ0n) is 7.43. The van der Waals surface area contributed by atoms with Crippen molar-refractivity contribution >= 4 is 0 Å². The van der Waals surface area contributed by atoms with Gasteiger partial charge in [0.05, 0.1) is 6.61 Å². The van der Waals surface area contributed by atoms with Crippen LogP contribution < -0.4 is 0 Å². The van der Waals surface area contributed by atoms with Gasteiger partial charge in [-0.25, -0.2) is 0 Å². The number of hydrogen-bond donors (Lipinski definition) is 1. The lowest BCUT2D eigenvalue weighted by atomic mass is 10.1. The van der Waals surface area contributed by atoms with Gasteiger partial charge in [0.2, 0.25) is 0 Å². The van der Waals surface area contributed by atoms with E-state index < -0.39 is 0 Å². The fraction of sp³-hybridized carbons (Fsp3) is 0.400. The van der Waals surface area contributed by atoms with Gasteiger partial charge in [-0.15, -0.1) is 0 Å². The topological polar surface area (TPSA) is 38.7 Å². The minimum Gasteiger partial charge on any atom is -0.393 e. The molecule has 1 heterocycles. The molecule has 0 aliphatic carbocycles. The Bertz CT molecular complexity index is 269. The molecule has 1 N–H and O–H groups in total. The van der Waals surface area contributed by atoms with Crippen molar-refractivity contribution in [2.75, 3.05) is 13.7 Å². The molecule has 3 heteroatoms. The highest BCUT2D eigenvalue weighted by molar-refractivity contribution is 5.33. The summed E-state index contributed by atoms with van der Waals surface area (Å²) in [5, 5.41) is 9.05. The van der Waals surface area contributed by atoms with Crippen molar-refractivity contribution < 1.29 is 14.6 Å². The lowest BCUT2D eigenvalue weighted by Gasteiger charge is -2.09. The molecule has 1 aliphatic heterocycles. The van der Waals surface area contributed by atoms with E-state index in [1.807, 2.05) is 24.3 Å². The number of hydrogen-bond acceptors (Lipinski definition) is 3. The molecule has 2 rings (SSSR count). The highest BCUT2D eigenvalue weighted by Crippen LogP contribution is 2.38. The molecule has 0 saturated heterocycles. The molecule has 1 aromatic rings. The Morgan fingerprint density at radius 3 is 2.69 bits per heavy atom. The van der Waals surface area contributed by atoms with Crippen LogP contribution in [-0.2, 0) is 9.47 Å². The number of rotatable bonds is 2. The average Bonchev–Trinajstić information content (AvgIpc) is 2.56. The first-order valence-corrected chi connectivity index (χ1v) is 4.24. The second-order valence-electron chi connectivity index (χ2n) is 3.00. The van der Waals surface area contributed by atoms with E-state index in [9.17, 15) is 0 Å². The van der Waals surface area contributed by atoms with E-state index in [0.717, 1.165) is 11.1 Å². The van der Waals surface area contributed by atoms with Crippen LogP contribution in [0.25, 0.3) is 0 Å². The second-order valence-corrected chi connectivity index (χ2v) is 3.00. The molecule has 1 aliphatic rings. The number of ether oxygens (including phenoxy) is 2. The van der Waals surface area contributed by atoms with Crippen LogP contribution in [0.3, 0.4) is 0 Å². The smallest absolute Gasteiger partial charge is 0.184 e. The Balaban J connectivity index is 2.38. The summed E-state index contributed by atoms with van der Waals surface area (Å²) in [4.78, 5) is 0. The first kappa shape index (κ1) is 8.69. The summed E-state index contributed by atoms with van der Waals surface area (Å²) in [6.07, 6.45) is -0.561. The first-order chi connectivity index (χ1) is 6.36. The van der Waals surface area contributed by atoms with Crippen molar-refractivity contribution in [2.45, 2.75) is 12.4 Å². The molecular weight excluding hydrogens is 168 g/mol. The molecule has 13 heavy (non-hydrogen) atoms. The van der Waals surface area contributed by atoms with Crippen LogP contribution in [-0.4, -0.2) is 18.8 Å². The molecule has 3 nitrogen and oxygen atoms in total. The number of benzene rings is 1. The highest BCUT2D eigenvalue weighted by atomic mass is 16.7. The van der Waals surface area contributed by atoms with E-state index in [1.54, 1.807) is 7.11 Å². The van der Waals surface area contributed by atoms with E-state index in [4.69, 9.17) is 14.6 Å². The zero-order chi connectivity index (χ0) is 9.26. The highest BCUT2D eigenvalue weighted by Gasteiger charge is 2.30. The van der Waals surface area contributed by atoms with Gasteiger partial charge in [0.1, 0.15) is 6.10 Å². The Morgan fingerprint density at radius 1 is 1.38 bits per heavy atom. The van der Waals surface area contributed by atoms with E-state index in [1.165, 1.54) is 0 Å². The van der Waals surface area contributed by atoms with Gasteiger partial charge in [0.15, 0.2) is 6.29 Å². The molecule has 0 amide bonds. The molecule has 0 unspecified atom stereocenters. The maximum atomic E-state index is 9.05. The molecule has 1 aromatic carbocycles. The van der Waals surface area contributed by atoms with Crippen molar-refractivity contribution in [1.82, 2.24) is 0 Å². The Kier molecular flexibility index (Phi) is 2.31. The Morgan fingerprint density at radius 2 is 2.08 bits per heavy atom. The largest absolute Gasteiger partial charge is 0.393 e. The van der Waals surface area contributed by atoms with Gasteiger partial charge in [0.25, 0.3) is 0 Å². The average molecular weight is 180 g/mol. The van der Waals surface area contributed by atoms with Crippen LogP contribution in [0.5, 0.6) is 0 Å². The van der Waals surface area contributed by atoms with Crippen molar-refractivity contribution in [1.29, 1.82) is 0 Å². The standard InChI is InChI=1S/C10H12O3/c1-12-10-8-5-3-2-4-7(8)9(6-11)13-10/h2-5,9-11H,6H2,1H3/t9-,10-/m1/s1. The molecule has 0 fully saturated rings. The first-order valence-electron chi connectivity index (χ1n) is 4.24. The molecular formula is C10H12O3. The van der Waals surface area contributed by atoms with E-state index >= 15 is 0 Å². The molecule has 0 saturated carbocycles. The van der Waals surface area contributed by atoms with Crippen LogP contribution >= 0.6 is 0 Å². The van der Waals surface area contributed by atoms with Crippen LogP contribution in [0.2, 0.25) is 0 Å². The second kappa shape index (κ2) is 3.46. The van der Waals surface area contributed by atoms with Crippen molar-refractivity contribution in [3.05, 3.63) is 35.4 Å². The minimum atomic E-state index is -0.326. The van der Waals surface area contributed by atoms with Gasteiger partial charge in [-0.2, -0.15) is 0 Å². The van der Waals surface area contributed by atoms with Gasteiger partial charge in [-0.1, -0.05) is 24.3 Å². The predicted octanol–water partition coefficient (Wildman–Crippen LogP) is 1.40. The van der Waals surface area contributed by atoms with Gasteiger partial charge < -0.3 is 14.6 Å². The van der Waals surface area contributed by atoms with Gasteiger partial charge in [-0.3, -0.25) is 0 Å². The van der Waals surface area contributed by atoms with Crippen LogP contribution in [0, 0.1) is 0 Å². The van der Waals surface area contributed by atoms with Gasteiger partial charge >= 0.3 is 0 Å². The number of aliphatic hydroxyl groups excluding tert-OH is 1. The third-order valence-corrected chi connectivity index (χ3v) is 2.26. The van der Waals surface area contributed by atoms with Crippen LogP contribution in [0.4, 0.5) is 0 Å². The maximum absolute atomic E-state index is 9.05. The van der Waals surface area contributed by atoms with E-state index in [0.29, 0.717) is 0 Å². The molecule has 0 bridgehead atoms. The summed E-state index contributed by atoms with van der Waals surface area (Å²) in [5.74, 6) is 0. The summed E-state index contributed by atoms with van der Waals surface area (Å²) >= 11 is 0. The molecule has 0 radical (unpaired) electrons. The van der Waals surface area contributed by atoms with Crippen molar-refractivity contribution in [2.24, 2.45) is 0 Å². The Hall–Kier alpha value is -0.900. The van der Waals surface area contributed by atoms with E-state index in [-0.39, 0.29) is 19.0 Å². The summed E-state index contributed by atoms with van der Waals surface area (Å²) in [5.41, 5.74) is 2.04. The summed E-state index contributed by atoms with van der Waals surface area (Å²) in [6, 6.07) is 7.78. The lowest BCUT2D eigenvalue weighted by molar-refractivity contribution is -0.151. The summed E-state index contributed by atoms with van der Waals surface area (Å²) < 4.78 is 10.6. The number of methoxy groups -OCH3 is 1.